The van der Waals surface area contributed by atoms with Gasteiger partial charge in [-0.1, -0.05) is 0 Å². The van der Waals surface area contributed by atoms with Crippen molar-refractivity contribution in [2.24, 2.45) is 5.92 Å². The molecule has 1 fully saturated rings. The number of carbonyl (C=O) groups is 4. The Labute approximate surface area is 185 Å². The van der Waals surface area contributed by atoms with Crippen LogP contribution in [0.3, 0.4) is 0 Å². The monoisotopic (exact) mass is 440 g/mol. The molecule has 0 aliphatic carbocycles. The highest BCUT2D eigenvalue weighted by molar-refractivity contribution is 6.04. The van der Waals surface area contributed by atoms with Crippen LogP contribution in [0.2, 0.25) is 0 Å². The Hall–Kier alpha value is -3.88. The van der Waals surface area contributed by atoms with Crippen molar-refractivity contribution in [3.05, 3.63) is 53.6 Å². The van der Waals surface area contributed by atoms with E-state index in [1.165, 1.54) is 32.4 Å². The van der Waals surface area contributed by atoms with Crippen LogP contribution < -0.4 is 15.0 Å². The van der Waals surface area contributed by atoms with E-state index < -0.39 is 23.8 Å². The number of methoxy groups -OCH3 is 2. The zero-order valence-corrected chi connectivity index (χ0v) is 18.0. The molecule has 3 rings (SSSR count). The summed E-state index contributed by atoms with van der Waals surface area (Å²) in [6.07, 6.45) is 0.0413. The molecular weight excluding hydrogens is 416 g/mol. The standard InChI is InChI=1S/C23H24N2O7/c1-4-32-19-7-5-18(6-8-19)25-13-16(12-20(25)26)21(27)24-17-10-14(22(28)30-2)9-15(11-17)23(29)31-3/h5-11,16H,4,12-13H2,1-3H3,(H,24,27)/t16-/m0/s1. The summed E-state index contributed by atoms with van der Waals surface area (Å²) in [6.45, 7) is 2.63. The number of amides is 2. The van der Waals surface area contributed by atoms with Gasteiger partial charge in [0, 0.05) is 24.3 Å². The Balaban J connectivity index is 1.75. The topological polar surface area (TPSA) is 111 Å². The van der Waals surface area contributed by atoms with Crippen LogP contribution in [0.5, 0.6) is 5.75 Å². The molecule has 1 heterocycles. The second-order valence-electron chi connectivity index (χ2n) is 7.10. The fourth-order valence-corrected chi connectivity index (χ4v) is 3.44. The lowest BCUT2D eigenvalue weighted by molar-refractivity contribution is -0.122. The first kappa shape index (κ1) is 22.8. The highest BCUT2D eigenvalue weighted by Gasteiger charge is 2.35. The smallest absolute Gasteiger partial charge is 0.337 e. The summed E-state index contributed by atoms with van der Waals surface area (Å²) in [5.41, 5.74) is 1.08. The van der Waals surface area contributed by atoms with E-state index in [0.29, 0.717) is 18.0 Å². The van der Waals surface area contributed by atoms with Gasteiger partial charge in [-0.2, -0.15) is 0 Å². The van der Waals surface area contributed by atoms with E-state index in [-0.39, 0.29) is 35.7 Å². The molecule has 2 aromatic carbocycles. The van der Waals surface area contributed by atoms with Gasteiger partial charge in [-0.15, -0.1) is 0 Å². The molecule has 2 aromatic rings. The minimum absolute atomic E-state index is 0.0413. The van der Waals surface area contributed by atoms with Crippen LogP contribution in [0.25, 0.3) is 0 Å². The SMILES string of the molecule is CCOc1ccc(N2C[C@@H](C(=O)Nc3cc(C(=O)OC)cc(C(=O)OC)c3)CC2=O)cc1. The Morgan fingerprint density at radius 1 is 1.00 bits per heavy atom. The predicted molar refractivity (Wildman–Crippen MR) is 116 cm³/mol. The van der Waals surface area contributed by atoms with Gasteiger partial charge < -0.3 is 24.4 Å². The molecule has 32 heavy (non-hydrogen) atoms. The van der Waals surface area contributed by atoms with Gasteiger partial charge in [0.15, 0.2) is 0 Å². The molecule has 1 aliphatic heterocycles. The van der Waals surface area contributed by atoms with Crippen LogP contribution in [0.1, 0.15) is 34.1 Å². The van der Waals surface area contributed by atoms with Gasteiger partial charge in [-0.05, 0) is 49.4 Å². The fourth-order valence-electron chi connectivity index (χ4n) is 3.44. The van der Waals surface area contributed by atoms with E-state index in [1.54, 1.807) is 29.2 Å². The van der Waals surface area contributed by atoms with E-state index in [9.17, 15) is 19.2 Å². The largest absolute Gasteiger partial charge is 0.494 e. The molecule has 0 spiro atoms. The Kier molecular flexibility index (Phi) is 7.09. The first-order valence-corrected chi connectivity index (χ1v) is 10.0. The minimum atomic E-state index is -0.663. The Bertz CT molecular complexity index is 999. The summed E-state index contributed by atoms with van der Waals surface area (Å²) in [6, 6.07) is 11.2. The number of carbonyl (C=O) groups excluding carboxylic acids is 4. The summed E-state index contributed by atoms with van der Waals surface area (Å²) in [5.74, 6) is -1.80. The first-order chi connectivity index (χ1) is 15.4. The van der Waals surface area contributed by atoms with Gasteiger partial charge in [0.25, 0.3) is 0 Å². The zero-order chi connectivity index (χ0) is 23.3. The number of rotatable bonds is 7. The van der Waals surface area contributed by atoms with Gasteiger partial charge in [-0.3, -0.25) is 9.59 Å². The van der Waals surface area contributed by atoms with Crippen LogP contribution in [0.4, 0.5) is 11.4 Å². The van der Waals surface area contributed by atoms with E-state index in [2.05, 4.69) is 5.32 Å². The number of ether oxygens (including phenoxy) is 3. The highest BCUT2D eigenvalue weighted by Crippen LogP contribution is 2.28. The molecule has 0 saturated carbocycles. The summed E-state index contributed by atoms with van der Waals surface area (Å²) >= 11 is 0. The van der Waals surface area contributed by atoms with Crippen molar-refractivity contribution < 1.29 is 33.4 Å². The average molecular weight is 440 g/mol. The number of hydrogen-bond acceptors (Lipinski definition) is 7. The number of benzene rings is 2. The molecule has 168 valence electrons. The lowest BCUT2D eigenvalue weighted by atomic mass is 10.1. The van der Waals surface area contributed by atoms with Crippen molar-refractivity contribution in [3.63, 3.8) is 0 Å². The molecule has 1 saturated heterocycles. The lowest BCUT2D eigenvalue weighted by Crippen LogP contribution is -2.28. The maximum atomic E-state index is 12.8. The van der Waals surface area contributed by atoms with Crippen molar-refractivity contribution in [1.29, 1.82) is 0 Å². The molecule has 1 N–H and O–H groups in total. The molecule has 2 amide bonds. The Morgan fingerprint density at radius 3 is 2.12 bits per heavy atom. The van der Waals surface area contributed by atoms with Crippen molar-refractivity contribution in [2.45, 2.75) is 13.3 Å². The predicted octanol–water partition coefficient (Wildman–Crippen LogP) is 2.65. The number of nitrogens with one attached hydrogen (secondary N) is 1. The van der Waals surface area contributed by atoms with Crippen molar-refractivity contribution in [3.8, 4) is 5.75 Å². The van der Waals surface area contributed by atoms with Crippen molar-refractivity contribution in [2.75, 3.05) is 37.6 Å². The van der Waals surface area contributed by atoms with E-state index in [1.807, 2.05) is 6.92 Å². The molecule has 1 aliphatic rings. The van der Waals surface area contributed by atoms with Gasteiger partial charge in [-0.25, -0.2) is 9.59 Å². The molecule has 0 bridgehead atoms. The second-order valence-corrected chi connectivity index (χ2v) is 7.10. The van der Waals surface area contributed by atoms with E-state index in [4.69, 9.17) is 14.2 Å². The summed E-state index contributed by atoms with van der Waals surface area (Å²) in [5, 5.41) is 2.69. The molecule has 0 unspecified atom stereocenters. The third-order valence-electron chi connectivity index (χ3n) is 5.00. The maximum absolute atomic E-state index is 12.8. The summed E-state index contributed by atoms with van der Waals surface area (Å²) < 4.78 is 14.8. The van der Waals surface area contributed by atoms with E-state index >= 15 is 0 Å². The molecule has 0 aromatic heterocycles. The maximum Gasteiger partial charge on any atom is 0.337 e. The fraction of sp³-hybridized carbons (Fsp3) is 0.304. The van der Waals surface area contributed by atoms with Gasteiger partial charge in [0.05, 0.1) is 37.9 Å². The molecule has 1 atom stereocenters. The summed E-state index contributed by atoms with van der Waals surface area (Å²) in [4.78, 5) is 50.8. The molecular formula is C23H24N2O7. The van der Waals surface area contributed by atoms with Gasteiger partial charge in [0.2, 0.25) is 11.8 Å². The van der Waals surface area contributed by atoms with Gasteiger partial charge in [0.1, 0.15) is 5.75 Å². The van der Waals surface area contributed by atoms with Crippen molar-refractivity contribution in [1.82, 2.24) is 0 Å². The highest BCUT2D eigenvalue weighted by atomic mass is 16.5. The van der Waals surface area contributed by atoms with Crippen LogP contribution in [-0.4, -0.2) is 51.1 Å². The number of hydrogen-bond donors (Lipinski definition) is 1. The lowest BCUT2D eigenvalue weighted by Gasteiger charge is -2.17. The number of nitrogens with zero attached hydrogens (tertiary/aromatic N) is 1. The molecule has 9 nitrogen and oxygen atoms in total. The Morgan fingerprint density at radius 2 is 1.59 bits per heavy atom. The van der Waals surface area contributed by atoms with Crippen LogP contribution in [-0.2, 0) is 19.1 Å². The normalized spacial score (nSPS) is 15.3. The molecule has 9 heteroatoms. The zero-order valence-electron chi connectivity index (χ0n) is 18.0. The van der Waals surface area contributed by atoms with Gasteiger partial charge >= 0.3 is 11.9 Å². The number of anilines is 2. The second kappa shape index (κ2) is 9.95. The summed E-state index contributed by atoms with van der Waals surface area (Å²) in [7, 11) is 2.43. The van der Waals surface area contributed by atoms with Crippen LogP contribution in [0.15, 0.2) is 42.5 Å². The van der Waals surface area contributed by atoms with Crippen molar-refractivity contribution >= 4 is 35.1 Å². The molecule has 0 radical (unpaired) electrons. The third kappa shape index (κ3) is 5.05. The van der Waals surface area contributed by atoms with Crippen LogP contribution >= 0.6 is 0 Å². The van der Waals surface area contributed by atoms with Crippen LogP contribution in [0, 0.1) is 5.92 Å². The minimum Gasteiger partial charge on any atom is -0.494 e. The first-order valence-electron chi connectivity index (χ1n) is 10.0. The quantitative estimate of drug-likeness (QED) is 0.659. The number of esters is 2. The third-order valence-corrected chi connectivity index (χ3v) is 5.00. The van der Waals surface area contributed by atoms with E-state index in [0.717, 1.165) is 0 Å². The average Bonchev–Trinajstić information content (AvgIpc) is 3.20.